The molecular formula is C29H33NO2. The highest BCUT2D eigenvalue weighted by molar-refractivity contribution is 5.58. The molecule has 3 aromatic rings. The van der Waals surface area contributed by atoms with Crippen LogP contribution in [-0.4, -0.2) is 25.8 Å². The van der Waals surface area contributed by atoms with Crippen molar-refractivity contribution in [2.75, 3.05) is 25.6 Å². The lowest BCUT2D eigenvalue weighted by Gasteiger charge is -2.44. The van der Waals surface area contributed by atoms with Gasteiger partial charge < -0.3 is 14.7 Å². The number of aryl methyl sites for hydroxylation is 1. The molecule has 1 aliphatic carbocycles. The van der Waals surface area contributed by atoms with E-state index in [1.54, 1.807) is 7.11 Å². The van der Waals surface area contributed by atoms with Crippen LogP contribution in [0.4, 0.5) is 5.69 Å². The smallest absolute Gasteiger partial charge is 0.118 e. The number of anilines is 1. The summed E-state index contributed by atoms with van der Waals surface area (Å²) in [6, 6.07) is 26.8. The minimum Gasteiger partial charge on any atom is -0.497 e. The van der Waals surface area contributed by atoms with E-state index in [9.17, 15) is 5.11 Å². The molecule has 0 spiro atoms. The summed E-state index contributed by atoms with van der Waals surface area (Å²) in [6.45, 7) is 2.88. The number of rotatable bonds is 6. The van der Waals surface area contributed by atoms with Crippen molar-refractivity contribution >= 4 is 11.8 Å². The molecule has 2 atom stereocenters. The predicted octanol–water partition coefficient (Wildman–Crippen LogP) is 6.21. The third-order valence-corrected chi connectivity index (χ3v) is 6.72. The van der Waals surface area contributed by atoms with Gasteiger partial charge in [-0.25, -0.2) is 0 Å². The molecule has 0 amide bonds. The van der Waals surface area contributed by atoms with Crippen molar-refractivity contribution in [1.29, 1.82) is 0 Å². The van der Waals surface area contributed by atoms with Crippen LogP contribution >= 0.6 is 0 Å². The summed E-state index contributed by atoms with van der Waals surface area (Å²) in [5.41, 5.74) is 4.54. The van der Waals surface area contributed by atoms with Crippen LogP contribution in [0.3, 0.4) is 0 Å². The molecule has 0 aromatic heterocycles. The van der Waals surface area contributed by atoms with Crippen molar-refractivity contribution in [3.05, 3.63) is 101 Å². The highest BCUT2D eigenvalue weighted by Gasteiger charge is 2.44. The summed E-state index contributed by atoms with van der Waals surface area (Å²) < 4.78 is 5.37. The lowest BCUT2D eigenvalue weighted by atomic mass is 9.67. The fourth-order valence-corrected chi connectivity index (χ4v) is 4.86. The van der Waals surface area contributed by atoms with E-state index < -0.39 is 5.60 Å². The van der Waals surface area contributed by atoms with E-state index in [1.807, 2.05) is 42.5 Å². The quantitative estimate of drug-likeness (QED) is 0.507. The Morgan fingerprint density at radius 3 is 2.34 bits per heavy atom. The van der Waals surface area contributed by atoms with Crippen LogP contribution in [0.5, 0.6) is 5.75 Å². The molecule has 3 aromatic carbocycles. The van der Waals surface area contributed by atoms with Gasteiger partial charge in [0.2, 0.25) is 0 Å². The lowest BCUT2D eigenvalue weighted by Crippen LogP contribution is -2.45. The molecule has 2 unspecified atom stereocenters. The summed E-state index contributed by atoms with van der Waals surface area (Å²) in [6.07, 6.45) is 5.12. The van der Waals surface area contributed by atoms with Gasteiger partial charge in [0.1, 0.15) is 11.4 Å². The highest BCUT2D eigenvalue weighted by Crippen LogP contribution is 2.47. The van der Waals surface area contributed by atoms with Gasteiger partial charge in [0, 0.05) is 25.2 Å². The van der Waals surface area contributed by atoms with Crippen molar-refractivity contribution in [1.82, 2.24) is 0 Å². The van der Waals surface area contributed by atoms with Gasteiger partial charge in [0.05, 0.1) is 7.11 Å². The van der Waals surface area contributed by atoms with Crippen molar-refractivity contribution in [2.24, 2.45) is 5.92 Å². The van der Waals surface area contributed by atoms with Crippen LogP contribution in [0.15, 0.2) is 84.4 Å². The monoisotopic (exact) mass is 427 g/mol. The Labute approximate surface area is 192 Å². The number of nitrogens with zero attached hydrogens (tertiary/aromatic N) is 1. The van der Waals surface area contributed by atoms with E-state index in [1.165, 1.54) is 11.3 Å². The predicted molar refractivity (Wildman–Crippen MR) is 133 cm³/mol. The average molecular weight is 428 g/mol. The van der Waals surface area contributed by atoms with E-state index in [0.717, 1.165) is 48.3 Å². The minimum absolute atomic E-state index is 0.0749. The van der Waals surface area contributed by atoms with Crippen molar-refractivity contribution in [2.45, 2.75) is 31.8 Å². The molecule has 0 aliphatic heterocycles. The number of methoxy groups -OCH3 is 1. The van der Waals surface area contributed by atoms with E-state index >= 15 is 0 Å². The first-order valence-electron chi connectivity index (χ1n) is 11.4. The Balaban J connectivity index is 1.72. The van der Waals surface area contributed by atoms with Crippen molar-refractivity contribution in [3.63, 3.8) is 0 Å². The Morgan fingerprint density at radius 2 is 1.69 bits per heavy atom. The molecule has 1 fully saturated rings. The summed E-state index contributed by atoms with van der Waals surface area (Å²) in [5.74, 6) is 0.876. The molecule has 3 nitrogen and oxygen atoms in total. The first-order valence-corrected chi connectivity index (χ1v) is 11.4. The molecule has 0 bridgehead atoms. The van der Waals surface area contributed by atoms with Crippen molar-refractivity contribution < 1.29 is 9.84 Å². The lowest BCUT2D eigenvalue weighted by molar-refractivity contribution is -0.00396. The number of hydrogen-bond acceptors (Lipinski definition) is 3. The Morgan fingerprint density at radius 1 is 1.00 bits per heavy atom. The molecular weight excluding hydrogens is 394 g/mol. The summed E-state index contributed by atoms with van der Waals surface area (Å²) in [7, 11) is 3.79. The number of ether oxygens (including phenoxy) is 1. The van der Waals surface area contributed by atoms with E-state index in [-0.39, 0.29) is 5.92 Å². The molecule has 1 N–H and O–H groups in total. The maximum absolute atomic E-state index is 12.4. The van der Waals surface area contributed by atoms with Crippen LogP contribution < -0.4 is 9.64 Å². The second kappa shape index (κ2) is 9.62. The van der Waals surface area contributed by atoms with Crippen LogP contribution in [0.1, 0.15) is 36.0 Å². The normalized spacial score (nSPS) is 22.0. The fourth-order valence-electron chi connectivity index (χ4n) is 4.86. The van der Waals surface area contributed by atoms with Crippen LogP contribution in [-0.2, 0) is 5.60 Å². The van der Waals surface area contributed by atoms with Gasteiger partial charge in [-0.2, -0.15) is 0 Å². The summed E-state index contributed by atoms with van der Waals surface area (Å²) in [4.78, 5) is 2.27. The van der Waals surface area contributed by atoms with Crippen LogP contribution in [0.2, 0.25) is 0 Å². The van der Waals surface area contributed by atoms with Gasteiger partial charge in [-0.15, -0.1) is 0 Å². The highest BCUT2D eigenvalue weighted by atomic mass is 16.5. The summed E-state index contributed by atoms with van der Waals surface area (Å²) in [5, 5.41) is 12.4. The zero-order chi connectivity index (χ0) is 22.6. The Bertz CT molecular complexity index is 1040. The zero-order valence-corrected chi connectivity index (χ0v) is 19.3. The van der Waals surface area contributed by atoms with Crippen molar-refractivity contribution in [3.8, 4) is 5.75 Å². The second-order valence-electron chi connectivity index (χ2n) is 8.88. The third kappa shape index (κ3) is 4.58. The zero-order valence-electron chi connectivity index (χ0n) is 19.3. The minimum atomic E-state index is -1.03. The first-order chi connectivity index (χ1) is 15.5. The first kappa shape index (κ1) is 22.2. The van der Waals surface area contributed by atoms with Gasteiger partial charge in [-0.05, 0) is 67.2 Å². The SMILES string of the molecule is COc1ccc(C2(O)/C(=C/c3ccccc3)CCCC2CN(C)c2ccc(C)cc2)cc1. The van der Waals surface area contributed by atoms with Gasteiger partial charge in [-0.1, -0.05) is 66.2 Å². The number of aliphatic hydroxyl groups is 1. The molecule has 0 radical (unpaired) electrons. The molecule has 1 aliphatic rings. The molecule has 0 heterocycles. The standard InChI is InChI=1S/C29H33NO2/c1-22-12-16-27(17-13-22)30(2)21-26-11-7-10-25(20-23-8-5-4-6-9-23)29(26,31)24-14-18-28(32-3)19-15-24/h4-6,8-9,12-20,26,31H,7,10-11,21H2,1-3H3/b25-20+. The number of benzene rings is 3. The van der Waals surface area contributed by atoms with E-state index in [4.69, 9.17) is 4.74 Å². The molecule has 166 valence electrons. The maximum atomic E-state index is 12.4. The largest absolute Gasteiger partial charge is 0.497 e. The molecule has 4 rings (SSSR count). The van der Waals surface area contributed by atoms with Gasteiger partial charge in [-0.3, -0.25) is 0 Å². The Kier molecular flexibility index (Phi) is 6.66. The van der Waals surface area contributed by atoms with E-state index in [2.05, 4.69) is 61.3 Å². The average Bonchev–Trinajstić information content (AvgIpc) is 2.83. The molecule has 0 saturated heterocycles. The van der Waals surface area contributed by atoms with Crippen LogP contribution in [0.25, 0.3) is 6.08 Å². The van der Waals surface area contributed by atoms with Gasteiger partial charge >= 0.3 is 0 Å². The second-order valence-corrected chi connectivity index (χ2v) is 8.88. The molecule has 3 heteroatoms. The van der Waals surface area contributed by atoms with Crippen LogP contribution in [0, 0.1) is 12.8 Å². The van der Waals surface area contributed by atoms with E-state index in [0.29, 0.717) is 0 Å². The topological polar surface area (TPSA) is 32.7 Å². The fraction of sp³-hybridized carbons (Fsp3) is 0.310. The molecule has 32 heavy (non-hydrogen) atoms. The summed E-state index contributed by atoms with van der Waals surface area (Å²) >= 11 is 0. The Hall–Kier alpha value is -3.04. The number of hydrogen-bond donors (Lipinski definition) is 1. The van der Waals surface area contributed by atoms with Gasteiger partial charge in [0.15, 0.2) is 0 Å². The maximum Gasteiger partial charge on any atom is 0.118 e. The van der Waals surface area contributed by atoms with Gasteiger partial charge in [0.25, 0.3) is 0 Å². The molecule has 1 saturated carbocycles. The third-order valence-electron chi connectivity index (χ3n) is 6.72.